The largest absolute Gasteiger partial charge is 0.444 e. The van der Waals surface area contributed by atoms with E-state index in [1.54, 1.807) is 20.4 Å². The highest BCUT2D eigenvalue weighted by atomic mass is 16.3. The zero-order valence-corrected chi connectivity index (χ0v) is 13.5. The molecule has 1 heterocycles. The van der Waals surface area contributed by atoms with Gasteiger partial charge >= 0.3 is 0 Å². The molecule has 2 aromatic rings. The molecule has 0 fully saturated rings. The minimum Gasteiger partial charge on any atom is -0.444 e. The van der Waals surface area contributed by atoms with Crippen LogP contribution in [0.1, 0.15) is 11.3 Å². The lowest BCUT2D eigenvalue weighted by Gasteiger charge is -2.09. The van der Waals surface area contributed by atoms with Crippen molar-refractivity contribution in [1.82, 2.24) is 20.9 Å². The van der Waals surface area contributed by atoms with Crippen molar-refractivity contribution in [2.24, 2.45) is 4.99 Å². The summed E-state index contributed by atoms with van der Waals surface area (Å²) < 4.78 is 5.50. The van der Waals surface area contributed by atoms with Gasteiger partial charge in [0.25, 0.3) is 0 Å². The van der Waals surface area contributed by atoms with E-state index in [0.717, 1.165) is 11.3 Å². The zero-order valence-electron chi connectivity index (χ0n) is 13.5. The lowest BCUT2D eigenvalue weighted by atomic mass is 10.1. The SMILES string of the molecule is CN=C(NCC(=O)NC)NCc1coc(-c2ccc(C)cc2)n1. The minimum atomic E-state index is -0.115. The van der Waals surface area contributed by atoms with Gasteiger partial charge in [-0.2, -0.15) is 0 Å². The smallest absolute Gasteiger partial charge is 0.239 e. The summed E-state index contributed by atoms with van der Waals surface area (Å²) in [5, 5.41) is 8.51. The second-order valence-electron chi connectivity index (χ2n) is 4.96. The van der Waals surface area contributed by atoms with Gasteiger partial charge in [0, 0.05) is 19.7 Å². The van der Waals surface area contributed by atoms with Crippen LogP contribution in [0.5, 0.6) is 0 Å². The number of nitrogens with zero attached hydrogens (tertiary/aromatic N) is 2. The molecule has 1 aromatic carbocycles. The molecular weight excluding hydrogens is 294 g/mol. The van der Waals surface area contributed by atoms with Crippen molar-refractivity contribution in [2.75, 3.05) is 20.6 Å². The van der Waals surface area contributed by atoms with Crippen LogP contribution < -0.4 is 16.0 Å². The summed E-state index contributed by atoms with van der Waals surface area (Å²) in [5.74, 6) is 0.986. The number of oxazole rings is 1. The number of aromatic nitrogens is 1. The molecule has 0 spiro atoms. The normalized spacial score (nSPS) is 11.2. The van der Waals surface area contributed by atoms with Gasteiger partial charge in [0.2, 0.25) is 11.8 Å². The molecule has 0 unspecified atom stereocenters. The number of carbonyl (C=O) groups is 1. The van der Waals surface area contributed by atoms with Gasteiger partial charge in [0.15, 0.2) is 5.96 Å². The molecule has 0 bridgehead atoms. The highest BCUT2D eigenvalue weighted by Gasteiger charge is 2.07. The summed E-state index contributed by atoms with van der Waals surface area (Å²) in [7, 11) is 3.22. The van der Waals surface area contributed by atoms with Crippen LogP contribution in [0.25, 0.3) is 11.5 Å². The maximum absolute atomic E-state index is 11.2. The van der Waals surface area contributed by atoms with Gasteiger partial charge in [-0.15, -0.1) is 0 Å². The highest BCUT2D eigenvalue weighted by molar-refractivity contribution is 5.86. The van der Waals surface area contributed by atoms with Gasteiger partial charge in [-0.1, -0.05) is 17.7 Å². The number of aliphatic imine (C=N–C) groups is 1. The molecule has 122 valence electrons. The number of aryl methyl sites for hydroxylation is 1. The first-order valence-electron chi connectivity index (χ1n) is 7.29. The maximum Gasteiger partial charge on any atom is 0.239 e. The zero-order chi connectivity index (χ0) is 16.7. The van der Waals surface area contributed by atoms with E-state index < -0.39 is 0 Å². The van der Waals surface area contributed by atoms with Crippen molar-refractivity contribution >= 4 is 11.9 Å². The van der Waals surface area contributed by atoms with Crippen LogP contribution in [0.2, 0.25) is 0 Å². The average Bonchev–Trinajstić information content (AvgIpc) is 3.04. The molecule has 0 atom stereocenters. The van der Waals surface area contributed by atoms with Gasteiger partial charge < -0.3 is 20.4 Å². The molecule has 1 amide bonds. The predicted octanol–water partition coefficient (Wildman–Crippen LogP) is 1.06. The molecule has 7 heteroatoms. The van der Waals surface area contributed by atoms with Gasteiger partial charge in [-0.3, -0.25) is 9.79 Å². The van der Waals surface area contributed by atoms with E-state index in [-0.39, 0.29) is 12.5 Å². The number of likely N-dealkylation sites (N-methyl/N-ethyl adjacent to an activating group) is 1. The first kappa shape index (κ1) is 16.5. The van der Waals surface area contributed by atoms with E-state index in [0.29, 0.717) is 18.4 Å². The lowest BCUT2D eigenvalue weighted by Crippen LogP contribution is -2.42. The average molecular weight is 315 g/mol. The van der Waals surface area contributed by atoms with E-state index in [2.05, 4.69) is 25.9 Å². The molecule has 3 N–H and O–H groups in total. The first-order chi connectivity index (χ1) is 11.1. The number of guanidine groups is 1. The Balaban J connectivity index is 1.91. The van der Waals surface area contributed by atoms with Crippen LogP contribution in [0.3, 0.4) is 0 Å². The summed E-state index contributed by atoms with van der Waals surface area (Å²) in [6, 6.07) is 7.98. The van der Waals surface area contributed by atoms with E-state index in [1.165, 1.54) is 5.56 Å². The van der Waals surface area contributed by atoms with Gasteiger partial charge in [-0.25, -0.2) is 4.98 Å². The fraction of sp³-hybridized carbons (Fsp3) is 0.312. The topological polar surface area (TPSA) is 91.5 Å². The van der Waals surface area contributed by atoms with E-state index >= 15 is 0 Å². The third-order valence-corrected chi connectivity index (χ3v) is 3.21. The van der Waals surface area contributed by atoms with Crippen LogP contribution in [0, 0.1) is 6.92 Å². The molecule has 1 aromatic heterocycles. The Morgan fingerprint density at radius 3 is 2.65 bits per heavy atom. The molecule has 0 aliphatic rings. The Hall–Kier alpha value is -2.83. The fourth-order valence-electron chi connectivity index (χ4n) is 1.86. The number of hydrogen-bond acceptors (Lipinski definition) is 4. The van der Waals surface area contributed by atoms with Crippen molar-refractivity contribution in [3.63, 3.8) is 0 Å². The quantitative estimate of drug-likeness (QED) is 0.567. The van der Waals surface area contributed by atoms with Gasteiger partial charge in [0.1, 0.15) is 6.26 Å². The molecule has 7 nitrogen and oxygen atoms in total. The second-order valence-corrected chi connectivity index (χ2v) is 4.96. The molecule has 0 saturated heterocycles. The first-order valence-corrected chi connectivity index (χ1v) is 7.29. The number of hydrogen-bond donors (Lipinski definition) is 3. The fourth-order valence-corrected chi connectivity index (χ4v) is 1.86. The third-order valence-electron chi connectivity index (χ3n) is 3.21. The van der Waals surface area contributed by atoms with Crippen LogP contribution in [-0.4, -0.2) is 37.5 Å². The van der Waals surface area contributed by atoms with Crippen molar-refractivity contribution in [1.29, 1.82) is 0 Å². The highest BCUT2D eigenvalue weighted by Crippen LogP contribution is 2.18. The molecule has 0 radical (unpaired) electrons. The molecule has 23 heavy (non-hydrogen) atoms. The molecule has 0 aliphatic carbocycles. The summed E-state index contributed by atoms with van der Waals surface area (Å²) in [4.78, 5) is 19.7. The summed E-state index contributed by atoms with van der Waals surface area (Å²) in [6.45, 7) is 2.64. The van der Waals surface area contributed by atoms with E-state index in [1.807, 2.05) is 31.2 Å². The Morgan fingerprint density at radius 1 is 1.26 bits per heavy atom. The van der Waals surface area contributed by atoms with Crippen LogP contribution in [0.4, 0.5) is 0 Å². The van der Waals surface area contributed by atoms with Crippen molar-refractivity contribution < 1.29 is 9.21 Å². The second kappa shape index (κ2) is 7.98. The summed E-state index contributed by atoms with van der Waals surface area (Å²) in [6.07, 6.45) is 1.61. The van der Waals surface area contributed by atoms with Crippen LogP contribution in [0.15, 0.2) is 39.9 Å². The summed E-state index contributed by atoms with van der Waals surface area (Å²) in [5.41, 5.74) is 2.88. The number of rotatable bonds is 5. The van der Waals surface area contributed by atoms with Crippen LogP contribution >= 0.6 is 0 Å². The Labute approximate surface area is 135 Å². The van der Waals surface area contributed by atoms with Gasteiger partial charge in [0.05, 0.1) is 18.8 Å². The predicted molar refractivity (Wildman–Crippen MR) is 88.9 cm³/mol. The molecule has 0 aliphatic heterocycles. The Bertz CT molecular complexity index is 676. The molecular formula is C16H21N5O2. The number of nitrogens with one attached hydrogen (secondary N) is 3. The number of carbonyl (C=O) groups excluding carboxylic acids is 1. The van der Waals surface area contributed by atoms with E-state index in [4.69, 9.17) is 4.42 Å². The maximum atomic E-state index is 11.2. The monoisotopic (exact) mass is 315 g/mol. The lowest BCUT2D eigenvalue weighted by molar-refractivity contribution is -0.119. The van der Waals surface area contributed by atoms with Crippen molar-refractivity contribution in [3.8, 4) is 11.5 Å². The standard InChI is InChI=1S/C16H21N5O2/c1-11-4-6-12(7-5-11)15-21-13(10-23-15)8-19-16(18-3)20-9-14(22)17-2/h4-7,10H,8-9H2,1-3H3,(H,17,22)(H2,18,19,20). The van der Waals surface area contributed by atoms with Gasteiger partial charge in [-0.05, 0) is 19.1 Å². The Morgan fingerprint density at radius 2 is 2.00 bits per heavy atom. The number of amides is 1. The summed E-state index contributed by atoms with van der Waals surface area (Å²) >= 11 is 0. The van der Waals surface area contributed by atoms with E-state index in [9.17, 15) is 4.79 Å². The van der Waals surface area contributed by atoms with Crippen LogP contribution in [-0.2, 0) is 11.3 Å². The molecule has 0 saturated carbocycles. The minimum absolute atomic E-state index is 0.115. The third kappa shape index (κ3) is 4.84. The van der Waals surface area contributed by atoms with Crippen molar-refractivity contribution in [3.05, 3.63) is 41.8 Å². The Kier molecular flexibility index (Phi) is 5.74. The van der Waals surface area contributed by atoms with Crippen molar-refractivity contribution in [2.45, 2.75) is 13.5 Å². The number of benzene rings is 1. The molecule has 2 rings (SSSR count).